The lowest BCUT2D eigenvalue weighted by Crippen LogP contribution is -2.30. The molecule has 0 N–H and O–H groups in total. The van der Waals surface area contributed by atoms with Crippen LogP contribution >= 0.6 is 0 Å². The van der Waals surface area contributed by atoms with Crippen molar-refractivity contribution in [2.75, 3.05) is 26.7 Å². The van der Waals surface area contributed by atoms with Crippen LogP contribution in [0.1, 0.15) is 24.5 Å². The van der Waals surface area contributed by atoms with E-state index in [1.54, 1.807) is 19.1 Å². The molecule has 1 aliphatic heterocycles. The third-order valence-electron chi connectivity index (χ3n) is 4.70. The first-order valence-corrected chi connectivity index (χ1v) is 8.69. The van der Waals surface area contributed by atoms with Crippen LogP contribution in [0.15, 0.2) is 36.7 Å². The van der Waals surface area contributed by atoms with Crippen molar-refractivity contribution in [2.24, 2.45) is 5.92 Å². The third kappa shape index (κ3) is 4.89. The number of benzene rings is 1. The average molecular weight is 344 g/mol. The lowest BCUT2D eigenvalue weighted by molar-refractivity contribution is -0.127. The first-order valence-electron chi connectivity index (χ1n) is 8.69. The highest BCUT2D eigenvalue weighted by Gasteiger charge is 2.25. The van der Waals surface area contributed by atoms with Crippen molar-refractivity contribution in [2.45, 2.75) is 26.4 Å². The molecule has 2 aromatic rings. The van der Waals surface area contributed by atoms with Crippen LogP contribution in [0.2, 0.25) is 0 Å². The molecule has 1 aliphatic rings. The summed E-state index contributed by atoms with van der Waals surface area (Å²) in [5, 5.41) is 4.40. The number of likely N-dealkylation sites (tertiary alicyclic amines) is 1. The number of amides is 1. The summed E-state index contributed by atoms with van der Waals surface area (Å²) in [6.07, 6.45) is 5.00. The van der Waals surface area contributed by atoms with Crippen molar-refractivity contribution in [3.63, 3.8) is 0 Å². The first-order chi connectivity index (χ1) is 12.0. The fourth-order valence-electron chi connectivity index (χ4n) is 3.44. The van der Waals surface area contributed by atoms with Crippen LogP contribution in [0.25, 0.3) is 0 Å². The summed E-state index contributed by atoms with van der Waals surface area (Å²) in [4.78, 5) is 15.6. The smallest absolute Gasteiger partial charge is 0.219 e. The van der Waals surface area contributed by atoms with Crippen molar-refractivity contribution in [3.8, 4) is 0 Å². The monoisotopic (exact) mass is 344 g/mol. The molecule has 0 saturated carbocycles. The minimum absolute atomic E-state index is 0.173. The van der Waals surface area contributed by atoms with Gasteiger partial charge in [0.25, 0.3) is 0 Å². The van der Waals surface area contributed by atoms with Gasteiger partial charge in [-0.25, -0.2) is 4.39 Å². The Morgan fingerprint density at radius 2 is 2.08 bits per heavy atom. The molecule has 134 valence electrons. The average Bonchev–Trinajstić information content (AvgIpc) is 3.19. The fourth-order valence-corrected chi connectivity index (χ4v) is 3.44. The summed E-state index contributed by atoms with van der Waals surface area (Å²) in [6, 6.07) is 6.51. The Balaban J connectivity index is 1.49. The Hall–Kier alpha value is -2.21. The van der Waals surface area contributed by atoms with Crippen LogP contribution in [0, 0.1) is 11.7 Å². The van der Waals surface area contributed by atoms with Gasteiger partial charge in [-0.2, -0.15) is 5.10 Å². The van der Waals surface area contributed by atoms with Gasteiger partial charge < -0.3 is 9.80 Å². The molecule has 1 fully saturated rings. The Bertz CT molecular complexity index is 712. The SMILES string of the molecule is CC(=O)N1CCC(CN(C)Cc2cnn(Cc3ccc(F)cc3)c2)C1. The molecule has 3 rings (SSSR count). The first kappa shape index (κ1) is 17.6. The zero-order valence-electron chi connectivity index (χ0n) is 14.9. The predicted octanol–water partition coefficient (Wildman–Crippen LogP) is 2.37. The quantitative estimate of drug-likeness (QED) is 0.808. The molecular formula is C19H25FN4O. The summed E-state index contributed by atoms with van der Waals surface area (Å²) in [7, 11) is 2.10. The van der Waals surface area contributed by atoms with Gasteiger partial charge in [0.15, 0.2) is 0 Å². The van der Waals surface area contributed by atoms with Crippen LogP contribution in [0.5, 0.6) is 0 Å². The van der Waals surface area contributed by atoms with E-state index in [4.69, 9.17) is 0 Å². The maximum absolute atomic E-state index is 13.0. The summed E-state index contributed by atoms with van der Waals surface area (Å²) >= 11 is 0. The molecule has 0 spiro atoms. The van der Waals surface area contributed by atoms with Gasteiger partial charge in [0.1, 0.15) is 5.82 Å². The number of hydrogen-bond donors (Lipinski definition) is 0. The lowest BCUT2D eigenvalue weighted by atomic mass is 10.1. The topological polar surface area (TPSA) is 41.4 Å². The Morgan fingerprint density at radius 1 is 1.32 bits per heavy atom. The largest absolute Gasteiger partial charge is 0.343 e. The van der Waals surface area contributed by atoms with E-state index in [0.717, 1.165) is 43.7 Å². The molecule has 5 nitrogen and oxygen atoms in total. The molecule has 25 heavy (non-hydrogen) atoms. The third-order valence-corrected chi connectivity index (χ3v) is 4.70. The minimum Gasteiger partial charge on any atom is -0.343 e. The fraction of sp³-hybridized carbons (Fsp3) is 0.474. The summed E-state index contributed by atoms with van der Waals surface area (Å²) < 4.78 is 14.8. The Morgan fingerprint density at radius 3 is 2.76 bits per heavy atom. The molecule has 2 heterocycles. The minimum atomic E-state index is -0.221. The van der Waals surface area contributed by atoms with E-state index in [0.29, 0.717) is 12.5 Å². The van der Waals surface area contributed by atoms with E-state index in [1.165, 1.54) is 12.1 Å². The number of rotatable bonds is 6. The van der Waals surface area contributed by atoms with Gasteiger partial charge in [0.2, 0.25) is 5.91 Å². The normalized spacial score (nSPS) is 17.4. The number of nitrogens with zero attached hydrogens (tertiary/aromatic N) is 4. The van der Waals surface area contributed by atoms with Crippen molar-refractivity contribution in [3.05, 3.63) is 53.6 Å². The lowest BCUT2D eigenvalue weighted by Gasteiger charge is -2.20. The Kier molecular flexibility index (Phi) is 5.48. The molecule has 1 aromatic carbocycles. The van der Waals surface area contributed by atoms with E-state index >= 15 is 0 Å². The van der Waals surface area contributed by atoms with E-state index in [-0.39, 0.29) is 11.7 Å². The summed E-state index contributed by atoms with van der Waals surface area (Å²) in [5.74, 6) is 0.497. The van der Waals surface area contributed by atoms with Gasteiger partial charge in [-0.05, 0) is 37.1 Å². The van der Waals surface area contributed by atoms with Crippen LogP contribution in [0.4, 0.5) is 4.39 Å². The predicted molar refractivity (Wildman–Crippen MR) is 94.4 cm³/mol. The van der Waals surface area contributed by atoms with Crippen molar-refractivity contribution >= 4 is 5.91 Å². The molecule has 1 atom stereocenters. The standard InChI is InChI=1S/C19H25FN4O/c1-15(25)23-8-7-17(12-23)10-22(2)11-18-9-21-24(14-18)13-16-3-5-19(20)6-4-16/h3-6,9,14,17H,7-8,10-13H2,1-2H3. The second-order valence-corrected chi connectivity index (χ2v) is 6.99. The molecule has 0 bridgehead atoms. The van der Waals surface area contributed by atoms with E-state index < -0.39 is 0 Å². The molecule has 1 amide bonds. The van der Waals surface area contributed by atoms with Gasteiger partial charge >= 0.3 is 0 Å². The van der Waals surface area contributed by atoms with Gasteiger partial charge in [0.05, 0.1) is 12.7 Å². The van der Waals surface area contributed by atoms with Crippen LogP contribution in [-0.4, -0.2) is 52.2 Å². The van der Waals surface area contributed by atoms with Crippen LogP contribution in [-0.2, 0) is 17.9 Å². The van der Waals surface area contributed by atoms with Crippen molar-refractivity contribution in [1.82, 2.24) is 19.6 Å². The summed E-state index contributed by atoms with van der Waals surface area (Å²) in [5.41, 5.74) is 2.19. The molecule has 6 heteroatoms. The number of carbonyl (C=O) groups excluding carboxylic acids is 1. The maximum Gasteiger partial charge on any atom is 0.219 e. The number of aromatic nitrogens is 2. The van der Waals surface area contributed by atoms with Crippen molar-refractivity contribution < 1.29 is 9.18 Å². The zero-order chi connectivity index (χ0) is 17.8. The van der Waals surface area contributed by atoms with Crippen LogP contribution in [0.3, 0.4) is 0 Å². The maximum atomic E-state index is 13.0. The second kappa shape index (κ2) is 7.78. The molecule has 1 aromatic heterocycles. The van der Waals surface area contributed by atoms with Gasteiger partial charge in [0, 0.05) is 44.9 Å². The highest BCUT2D eigenvalue weighted by Crippen LogP contribution is 2.18. The highest BCUT2D eigenvalue weighted by atomic mass is 19.1. The molecular weight excluding hydrogens is 319 g/mol. The van der Waals surface area contributed by atoms with Gasteiger partial charge in [-0.3, -0.25) is 9.48 Å². The van der Waals surface area contributed by atoms with Gasteiger partial charge in [-0.1, -0.05) is 12.1 Å². The van der Waals surface area contributed by atoms with Crippen molar-refractivity contribution in [1.29, 1.82) is 0 Å². The van der Waals surface area contributed by atoms with Gasteiger partial charge in [-0.15, -0.1) is 0 Å². The molecule has 0 radical (unpaired) electrons. The molecule has 1 saturated heterocycles. The van der Waals surface area contributed by atoms with E-state index in [9.17, 15) is 9.18 Å². The molecule has 0 aliphatic carbocycles. The highest BCUT2D eigenvalue weighted by molar-refractivity contribution is 5.73. The van der Waals surface area contributed by atoms with E-state index in [2.05, 4.69) is 17.0 Å². The van der Waals surface area contributed by atoms with E-state index in [1.807, 2.05) is 22.0 Å². The Labute approximate surface area is 148 Å². The zero-order valence-corrected chi connectivity index (χ0v) is 14.9. The number of halogens is 1. The summed E-state index contributed by atoms with van der Waals surface area (Å²) in [6.45, 7) is 5.83. The number of hydrogen-bond acceptors (Lipinski definition) is 3. The van der Waals surface area contributed by atoms with Crippen LogP contribution < -0.4 is 0 Å². The molecule has 1 unspecified atom stereocenters. The number of carbonyl (C=O) groups is 1. The second-order valence-electron chi connectivity index (χ2n) is 6.99.